The highest BCUT2D eigenvalue weighted by atomic mass is 32.1. The van der Waals surface area contributed by atoms with Gasteiger partial charge in [-0.2, -0.15) is 11.3 Å². The van der Waals surface area contributed by atoms with E-state index in [4.69, 9.17) is 5.73 Å². The second-order valence-electron chi connectivity index (χ2n) is 4.29. The normalized spacial score (nSPS) is 28.9. The largest absolute Gasteiger partial charge is 0.326 e. The van der Waals surface area contributed by atoms with Gasteiger partial charge in [0.2, 0.25) is 0 Å². The third-order valence-corrected chi connectivity index (χ3v) is 3.73. The molecule has 0 bridgehead atoms. The van der Waals surface area contributed by atoms with Crippen molar-refractivity contribution in [2.45, 2.75) is 38.4 Å². The summed E-state index contributed by atoms with van der Waals surface area (Å²) >= 11 is 1.76. The lowest BCUT2D eigenvalue weighted by atomic mass is 10.0. The Bertz CT molecular complexity index is 281. The molecule has 14 heavy (non-hydrogen) atoms. The first-order valence-corrected chi connectivity index (χ1v) is 6.18. The Morgan fingerprint density at radius 2 is 2.36 bits per heavy atom. The number of rotatable bonds is 2. The van der Waals surface area contributed by atoms with E-state index in [0.717, 1.165) is 13.0 Å². The first-order chi connectivity index (χ1) is 6.70. The number of hydrogen-bond donors (Lipinski definition) is 1. The minimum absolute atomic E-state index is 0.312. The molecule has 2 nitrogen and oxygen atoms in total. The SMILES string of the molecule is CC(C)N1CC[C@@H](N)[C@@H]1c1ccsc1. The quantitative estimate of drug-likeness (QED) is 0.811. The Balaban J connectivity index is 2.22. The van der Waals surface area contributed by atoms with Crippen molar-refractivity contribution < 1.29 is 0 Å². The summed E-state index contributed by atoms with van der Waals surface area (Å²) in [5.41, 5.74) is 7.56. The summed E-state index contributed by atoms with van der Waals surface area (Å²) in [7, 11) is 0. The number of hydrogen-bond acceptors (Lipinski definition) is 3. The van der Waals surface area contributed by atoms with Crippen LogP contribution in [0.5, 0.6) is 0 Å². The van der Waals surface area contributed by atoms with Gasteiger partial charge in [-0.05, 0) is 42.7 Å². The van der Waals surface area contributed by atoms with Crippen LogP contribution in [0.15, 0.2) is 16.8 Å². The molecule has 1 aromatic heterocycles. The first-order valence-electron chi connectivity index (χ1n) is 5.23. The lowest BCUT2D eigenvalue weighted by molar-refractivity contribution is 0.198. The van der Waals surface area contributed by atoms with Gasteiger partial charge in [0.15, 0.2) is 0 Å². The standard InChI is InChI=1S/C11H18N2S/c1-8(2)13-5-3-10(12)11(13)9-4-6-14-7-9/h4,6-8,10-11H,3,5,12H2,1-2H3/t10-,11+/m1/s1. The minimum atomic E-state index is 0.312. The number of thiophene rings is 1. The zero-order chi connectivity index (χ0) is 10.1. The molecular formula is C11H18N2S. The van der Waals surface area contributed by atoms with Gasteiger partial charge in [-0.1, -0.05) is 0 Å². The summed E-state index contributed by atoms with van der Waals surface area (Å²) in [6.45, 7) is 5.63. The van der Waals surface area contributed by atoms with Gasteiger partial charge in [-0.3, -0.25) is 4.90 Å². The van der Waals surface area contributed by atoms with E-state index in [-0.39, 0.29) is 0 Å². The van der Waals surface area contributed by atoms with Crippen LogP contribution in [0.3, 0.4) is 0 Å². The van der Waals surface area contributed by atoms with Crippen molar-refractivity contribution in [3.8, 4) is 0 Å². The maximum atomic E-state index is 6.16. The van der Waals surface area contributed by atoms with Crippen molar-refractivity contribution in [3.05, 3.63) is 22.4 Å². The lowest BCUT2D eigenvalue weighted by Gasteiger charge is -2.29. The second-order valence-corrected chi connectivity index (χ2v) is 5.07. The molecule has 3 heteroatoms. The minimum Gasteiger partial charge on any atom is -0.326 e. The van der Waals surface area contributed by atoms with Crippen molar-refractivity contribution in [2.75, 3.05) is 6.54 Å². The highest BCUT2D eigenvalue weighted by Gasteiger charge is 2.34. The average Bonchev–Trinajstić information content (AvgIpc) is 2.71. The summed E-state index contributed by atoms with van der Waals surface area (Å²) in [6.07, 6.45) is 1.12. The van der Waals surface area contributed by atoms with Gasteiger partial charge < -0.3 is 5.73 Å². The van der Waals surface area contributed by atoms with Crippen molar-refractivity contribution in [1.82, 2.24) is 4.90 Å². The van der Waals surface area contributed by atoms with Crippen LogP contribution in [0.2, 0.25) is 0 Å². The number of likely N-dealkylation sites (tertiary alicyclic amines) is 1. The van der Waals surface area contributed by atoms with Crippen molar-refractivity contribution >= 4 is 11.3 Å². The van der Waals surface area contributed by atoms with Crippen LogP contribution in [-0.2, 0) is 0 Å². The molecule has 1 aromatic rings. The van der Waals surface area contributed by atoms with Crippen LogP contribution in [0.1, 0.15) is 31.9 Å². The van der Waals surface area contributed by atoms with Crippen molar-refractivity contribution in [3.63, 3.8) is 0 Å². The molecule has 78 valence electrons. The Kier molecular flexibility index (Phi) is 2.91. The van der Waals surface area contributed by atoms with E-state index in [1.807, 2.05) is 0 Å². The van der Waals surface area contributed by atoms with Crippen LogP contribution in [-0.4, -0.2) is 23.5 Å². The molecule has 2 rings (SSSR count). The zero-order valence-corrected chi connectivity index (χ0v) is 9.63. The summed E-state index contributed by atoms with van der Waals surface area (Å²) in [5.74, 6) is 0. The van der Waals surface area contributed by atoms with Crippen LogP contribution >= 0.6 is 11.3 Å². The van der Waals surface area contributed by atoms with Gasteiger partial charge in [0.05, 0.1) is 6.04 Å². The van der Waals surface area contributed by atoms with Crippen LogP contribution in [0.4, 0.5) is 0 Å². The van der Waals surface area contributed by atoms with Crippen molar-refractivity contribution in [2.24, 2.45) is 5.73 Å². The van der Waals surface area contributed by atoms with Gasteiger partial charge >= 0.3 is 0 Å². The van der Waals surface area contributed by atoms with E-state index in [0.29, 0.717) is 18.1 Å². The molecule has 0 aromatic carbocycles. The van der Waals surface area contributed by atoms with Crippen molar-refractivity contribution in [1.29, 1.82) is 0 Å². The Morgan fingerprint density at radius 1 is 1.57 bits per heavy atom. The number of nitrogens with two attached hydrogens (primary N) is 1. The zero-order valence-electron chi connectivity index (χ0n) is 8.81. The highest BCUT2D eigenvalue weighted by Crippen LogP contribution is 2.33. The molecule has 1 aliphatic rings. The first kappa shape index (κ1) is 10.1. The molecule has 0 unspecified atom stereocenters. The fraction of sp³-hybridized carbons (Fsp3) is 0.636. The molecule has 0 spiro atoms. The molecule has 0 aliphatic carbocycles. The average molecular weight is 210 g/mol. The van der Waals surface area contributed by atoms with E-state index in [1.165, 1.54) is 5.56 Å². The lowest BCUT2D eigenvalue weighted by Crippen LogP contribution is -2.35. The van der Waals surface area contributed by atoms with Gasteiger partial charge in [0, 0.05) is 18.6 Å². The summed E-state index contributed by atoms with van der Waals surface area (Å²) in [5, 5.41) is 4.37. The molecule has 2 atom stereocenters. The van der Waals surface area contributed by atoms with Crippen LogP contribution in [0.25, 0.3) is 0 Å². The van der Waals surface area contributed by atoms with E-state index in [1.54, 1.807) is 11.3 Å². The van der Waals surface area contributed by atoms with Gasteiger partial charge in [0.1, 0.15) is 0 Å². The fourth-order valence-electron chi connectivity index (χ4n) is 2.30. The predicted molar refractivity (Wildman–Crippen MR) is 61.5 cm³/mol. The maximum Gasteiger partial charge on any atom is 0.0510 e. The molecule has 1 fully saturated rings. The number of nitrogens with zero attached hydrogens (tertiary/aromatic N) is 1. The van der Waals surface area contributed by atoms with E-state index in [9.17, 15) is 0 Å². The Hall–Kier alpha value is -0.380. The van der Waals surface area contributed by atoms with E-state index in [2.05, 4.69) is 35.6 Å². The predicted octanol–water partition coefficient (Wildman–Crippen LogP) is 2.23. The van der Waals surface area contributed by atoms with Crippen LogP contribution < -0.4 is 5.73 Å². The third-order valence-electron chi connectivity index (χ3n) is 3.03. The Labute approximate surface area is 89.7 Å². The summed E-state index contributed by atoms with van der Waals surface area (Å²) < 4.78 is 0. The molecule has 1 saturated heterocycles. The molecule has 2 heterocycles. The van der Waals surface area contributed by atoms with Gasteiger partial charge in [0.25, 0.3) is 0 Å². The second kappa shape index (κ2) is 4.01. The fourth-order valence-corrected chi connectivity index (χ4v) is 2.99. The molecule has 2 N–H and O–H groups in total. The maximum absolute atomic E-state index is 6.16. The highest BCUT2D eigenvalue weighted by molar-refractivity contribution is 7.07. The topological polar surface area (TPSA) is 29.3 Å². The molecule has 0 amide bonds. The van der Waals surface area contributed by atoms with Crippen LogP contribution in [0, 0.1) is 0 Å². The van der Waals surface area contributed by atoms with Gasteiger partial charge in [-0.15, -0.1) is 0 Å². The monoisotopic (exact) mass is 210 g/mol. The summed E-state index contributed by atoms with van der Waals surface area (Å²) in [4.78, 5) is 2.51. The summed E-state index contributed by atoms with van der Waals surface area (Å²) in [6, 6.07) is 3.55. The smallest absolute Gasteiger partial charge is 0.0510 e. The van der Waals surface area contributed by atoms with Gasteiger partial charge in [-0.25, -0.2) is 0 Å². The molecule has 0 saturated carbocycles. The van der Waals surface area contributed by atoms with E-state index < -0.39 is 0 Å². The molecule has 0 radical (unpaired) electrons. The van der Waals surface area contributed by atoms with E-state index >= 15 is 0 Å². The molecular weight excluding hydrogens is 192 g/mol. The molecule has 1 aliphatic heterocycles. The third kappa shape index (κ3) is 1.72. The Morgan fingerprint density at radius 3 is 2.93 bits per heavy atom.